The first kappa shape index (κ1) is 22.1. The summed E-state index contributed by atoms with van der Waals surface area (Å²) in [6, 6.07) is 4.86. The van der Waals surface area contributed by atoms with Crippen LogP contribution in [0.3, 0.4) is 0 Å². The number of carbonyl (C=O) groups excluding carboxylic acids is 2. The van der Waals surface area contributed by atoms with E-state index < -0.39 is 17.7 Å². The van der Waals surface area contributed by atoms with E-state index in [9.17, 15) is 9.59 Å². The SMILES string of the molecule is CCOC(=O)c1cnc(-c2cc(Cl)cc([C@@H]3COCCN3C(=O)OC(C)(C)C)c2)o1. The fourth-order valence-corrected chi connectivity index (χ4v) is 3.29. The predicted molar refractivity (Wildman–Crippen MR) is 109 cm³/mol. The van der Waals surface area contributed by atoms with Crippen molar-refractivity contribution in [2.45, 2.75) is 39.3 Å². The zero-order chi connectivity index (χ0) is 21.9. The number of morpholine rings is 1. The number of hydrogen-bond acceptors (Lipinski definition) is 7. The maximum Gasteiger partial charge on any atom is 0.410 e. The molecule has 0 spiro atoms. The fraction of sp³-hybridized carbons (Fsp3) is 0.476. The number of esters is 1. The first-order valence-corrected chi connectivity index (χ1v) is 10.1. The number of oxazole rings is 1. The van der Waals surface area contributed by atoms with Crippen LogP contribution >= 0.6 is 11.6 Å². The van der Waals surface area contributed by atoms with Crippen LogP contribution in [0.25, 0.3) is 11.5 Å². The van der Waals surface area contributed by atoms with Crippen molar-refractivity contribution >= 4 is 23.7 Å². The Morgan fingerprint density at radius 2 is 2.07 bits per heavy atom. The van der Waals surface area contributed by atoms with Crippen LogP contribution in [0, 0.1) is 0 Å². The Morgan fingerprint density at radius 3 is 2.77 bits per heavy atom. The lowest BCUT2D eigenvalue weighted by Crippen LogP contribution is -2.45. The molecule has 1 aliphatic heterocycles. The number of aromatic nitrogens is 1. The largest absolute Gasteiger partial charge is 0.460 e. The van der Waals surface area contributed by atoms with E-state index in [4.69, 9.17) is 30.2 Å². The molecule has 0 bridgehead atoms. The molecule has 0 aliphatic carbocycles. The lowest BCUT2D eigenvalue weighted by atomic mass is 10.0. The Hall–Kier alpha value is -2.58. The molecule has 9 heteroatoms. The number of nitrogens with zero attached hydrogens (tertiary/aromatic N) is 2. The van der Waals surface area contributed by atoms with Crippen molar-refractivity contribution < 1.29 is 28.2 Å². The number of ether oxygens (including phenoxy) is 3. The number of rotatable bonds is 4. The molecular weight excluding hydrogens is 412 g/mol. The van der Waals surface area contributed by atoms with E-state index in [1.54, 1.807) is 24.0 Å². The van der Waals surface area contributed by atoms with Crippen LogP contribution in [0.5, 0.6) is 0 Å². The summed E-state index contributed by atoms with van der Waals surface area (Å²) < 4.78 is 21.6. The summed E-state index contributed by atoms with van der Waals surface area (Å²) in [5.41, 5.74) is 0.711. The molecule has 0 saturated carbocycles. The van der Waals surface area contributed by atoms with Gasteiger partial charge >= 0.3 is 12.1 Å². The minimum atomic E-state index is -0.610. The predicted octanol–water partition coefficient (Wildman–Crippen LogP) is 4.48. The number of benzene rings is 1. The van der Waals surface area contributed by atoms with E-state index >= 15 is 0 Å². The van der Waals surface area contributed by atoms with E-state index in [2.05, 4.69) is 4.98 Å². The van der Waals surface area contributed by atoms with Gasteiger partial charge in [-0.15, -0.1) is 0 Å². The van der Waals surface area contributed by atoms with Crippen LogP contribution in [0.4, 0.5) is 4.79 Å². The van der Waals surface area contributed by atoms with Gasteiger partial charge in [0.2, 0.25) is 11.7 Å². The van der Waals surface area contributed by atoms with Crippen molar-refractivity contribution in [3.63, 3.8) is 0 Å². The molecule has 1 aromatic heterocycles. The summed E-state index contributed by atoms with van der Waals surface area (Å²) in [7, 11) is 0. The third-order valence-corrected chi connectivity index (χ3v) is 4.51. The summed E-state index contributed by atoms with van der Waals surface area (Å²) in [5, 5.41) is 0.438. The molecule has 30 heavy (non-hydrogen) atoms. The molecule has 1 aliphatic rings. The van der Waals surface area contributed by atoms with Crippen molar-refractivity contribution in [1.82, 2.24) is 9.88 Å². The molecule has 2 heterocycles. The monoisotopic (exact) mass is 436 g/mol. The van der Waals surface area contributed by atoms with E-state index in [0.717, 1.165) is 5.56 Å². The van der Waals surface area contributed by atoms with E-state index in [0.29, 0.717) is 30.3 Å². The smallest absolute Gasteiger partial charge is 0.410 e. The molecule has 8 nitrogen and oxygen atoms in total. The normalized spacial score (nSPS) is 17.0. The first-order chi connectivity index (χ1) is 14.2. The lowest BCUT2D eigenvalue weighted by molar-refractivity contribution is -0.0331. The second-order valence-electron chi connectivity index (χ2n) is 7.79. The van der Waals surface area contributed by atoms with Gasteiger partial charge in [0.25, 0.3) is 0 Å². The summed E-state index contributed by atoms with van der Waals surface area (Å²) in [5.74, 6) is -0.359. The van der Waals surface area contributed by atoms with Crippen LogP contribution in [0.15, 0.2) is 28.8 Å². The van der Waals surface area contributed by atoms with Crippen molar-refractivity contribution in [3.8, 4) is 11.5 Å². The fourth-order valence-electron chi connectivity index (χ4n) is 3.05. The van der Waals surface area contributed by atoms with Crippen molar-refractivity contribution in [2.75, 3.05) is 26.4 Å². The molecule has 3 rings (SSSR count). The molecule has 1 atom stereocenters. The van der Waals surface area contributed by atoms with Gasteiger partial charge in [0.15, 0.2) is 0 Å². The summed E-state index contributed by atoms with van der Waals surface area (Å²) in [6.07, 6.45) is 0.892. The number of hydrogen-bond donors (Lipinski definition) is 0. The molecule has 0 N–H and O–H groups in total. The quantitative estimate of drug-likeness (QED) is 0.652. The summed E-state index contributed by atoms with van der Waals surface area (Å²) in [6.45, 7) is 8.53. The third-order valence-electron chi connectivity index (χ3n) is 4.29. The average Bonchev–Trinajstić information content (AvgIpc) is 3.17. The summed E-state index contributed by atoms with van der Waals surface area (Å²) >= 11 is 6.34. The standard InChI is InChI=1S/C21H25ClN2O6/c1-5-28-19(25)17-11-23-18(29-17)14-8-13(9-15(22)10-14)16-12-27-7-6-24(16)20(26)30-21(2,3)4/h8-11,16H,5-7,12H2,1-4H3/t16-/m0/s1. The molecule has 1 saturated heterocycles. The minimum Gasteiger partial charge on any atom is -0.460 e. The molecule has 162 valence electrons. The van der Waals surface area contributed by atoms with Gasteiger partial charge in [0, 0.05) is 17.1 Å². The topological polar surface area (TPSA) is 91.1 Å². The third kappa shape index (κ3) is 5.31. The maximum atomic E-state index is 12.7. The number of amides is 1. The van der Waals surface area contributed by atoms with Crippen LogP contribution in [0.1, 0.15) is 49.9 Å². The highest BCUT2D eigenvalue weighted by molar-refractivity contribution is 6.30. The highest BCUT2D eigenvalue weighted by Crippen LogP contribution is 2.32. The van der Waals surface area contributed by atoms with Crippen LogP contribution in [-0.4, -0.2) is 53.9 Å². The zero-order valence-electron chi connectivity index (χ0n) is 17.4. The Bertz CT molecular complexity index is 920. The van der Waals surface area contributed by atoms with Crippen LogP contribution < -0.4 is 0 Å². The van der Waals surface area contributed by atoms with E-state index in [-0.39, 0.29) is 24.3 Å². The van der Waals surface area contributed by atoms with Gasteiger partial charge in [0.05, 0.1) is 32.1 Å². The second kappa shape index (κ2) is 9.06. The van der Waals surface area contributed by atoms with Gasteiger partial charge in [-0.1, -0.05) is 11.6 Å². The van der Waals surface area contributed by atoms with Gasteiger partial charge < -0.3 is 18.6 Å². The average molecular weight is 437 g/mol. The Kier molecular flexibility index (Phi) is 6.67. The first-order valence-electron chi connectivity index (χ1n) is 9.69. The zero-order valence-corrected chi connectivity index (χ0v) is 18.2. The van der Waals surface area contributed by atoms with E-state index in [1.807, 2.05) is 26.8 Å². The molecule has 1 amide bonds. The van der Waals surface area contributed by atoms with Crippen LogP contribution in [-0.2, 0) is 14.2 Å². The van der Waals surface area contributed by atoms with Gasteiger partial charge in [0.1, 0.15) is 5.60 Å². The lowest BCUT2D eigenvalue weighted by Gasteiger charge is -2.37. The Morgan fingerprint density at radius 1 is 1.30 bits per heavy atom. The molecule has 0 radical (unpaired) electrons. The highest BCUT2D eigenvalue weighted by atomic mass is 35.5. The minimum absolute atomic E-state index is 0.00440. The van der Waals surface area contributed by atoms with Crippen molar-refractivity contribution in [3.05, 3.63) is 40.7 Å². The van der Waals surface area contributed by atoms with Crippen LogP contribution in [0.2, 0.25) is 5.02 Å². The molecule has 0 unspecified atom stereocenters. The molecule has 2 aromatic rings. The molecular formula is C21H25ClN2O6. The highest BCUT2D eigenvalue weighted by Gasteiger charge is 2.32. The van der Waals surface area contributed by atoms with E-state index in [1.165, 1.54) is 6.20 Å². The Labute approximate surface area is 180 Å². The van der Waals surface area contributed by atoms with Crippen molar-refractivity contribution in [2.24, 2.45) is 0 Å². The molecule has 1 aromatic carbocycles. The van der Waals surface area contributed by atoms with Crippen molar-refractivity contribution in [1.29, 1.82) is 0 Å². The van der Waals surface area contributed by atoms with Gasteiger partial charge in [-0.3, -0.25) is 4.90 Å². The number of carbonyl (C=O) groups is 2. The summed E-state index contributed by atoms with van der Waals surface area (Å²) in [4.78, 5) is 30.3. The number of halogens is 1. The van der Waals surface area contributed by atoms with Gasteiger partial charge in [-0.05, 0) is 51.5 Å². The maximum absolute atomic E-state index is 12.7. The van der Waals surface area contributed by atoms with Gasteiger partial charge in [-0.25, -0.2) is 14.6 Å². The molecule has 1 fully saturated rings. The second-order valence-corrected chi connectivity index (χ2v) is 8.22. The Balaban J connectivity index is 1.90. The van der Waals surface area contributed by atoms with Gasteiger partial charge in [-0.2, -0.15) is 0 Å².